The van der Waals surface area contributed by atoms with Crippen molar-refractivity contribution in [2.24, 2.45) is 0 Å². The van der Waals surface area contributed by atoms with Crippen LogP contribution in [0.5, 0.6) is 5.75 Å². The number of anilines is 2. The van der Waals surface area contributed by atoms with E-state index in [1.165, 1.54) is 5.69 Å². The summed E-state index contributed by atoms with van der Waals surface area (Å²) in [5.41, 5.74) is 4.14. The van der Waals surface area contributed by atoms with E-state index in [-0.39, 0.29) is 12.5 Å². The first kappa shape index (κ1) is 20.7. The molecule has 1 aliphatic heterocycles. The first-order chi connectivity index (χ1) is 13.5. The molecule has 0 aromatic heterocycles. The number of rotatable bonds is 6. The van der Waals surface area contributed by atoms with Gasteiger partial charge in [0.05, 0.1) is 4.47 Å². The SMILES string of the molecule is CCN1CCN(c2ccc(NC(=O)COc3c(C)cc(C)cc3Br)cc2)CC1. The van der Waals surface area contributed by atoms with Crippen LogP contribution < -0.4 is 15.0 Å². The Morgan fingerprint density at radius 2 is 1.79 bits per heavy atom. The lowest BCUT2D eigenvalue weighted by atomic mass is 10.1. The number of ether oxygens (including phenoxy) is 1. The summed E-state index contributed by atoms with van der Waals surface area (Å²) in [4.78, 5) is 17.1. The summed E-state index contributed by atoms with van der Waals surface area (Å²) in [6.07, 6.45) is 0. The van der Waals surface area contributed by atoms with Crippen LogP contribution in [0.25, 0.3) is 0 Å². The van der Waals surface area contributed by atoms with Gasteiger partial charge < -0.3 is 19.9 Å². The largest absolute Gasteiger partial charge is 0.482 e. The monoisotopic (exact) mass is 445 g/mol. The van der Waals surface area contributed by atoms with Crippen molar-refractivity contribution < 1.29 is 9.53 Å². The average molecular weight is 446 g/mol. The summed E-state index contributed by atoms with van der Waals surface area (Å²) in [5, 5.41) is 2.90. The smallest absolute Gasteiger partial charge is 0.262 e. The van der Waals surface area contributed by atoms with Crippen LogP contribution in [-0.2, 0) is 4.79 Å². The molecule has 2 aromatic rings. The van der Waals surface area contributed by atoms with Crippen LogP contribution in [0.2, 0.25) is 0 Å². The van der Waals surface area contributed by atoms with E-state index >= 15 is 0 Å². The van der Waals surface area contributed by atoms with Gasteiger partial charge in [0.15, 0.2) is 6.61 Å². The number of nitrogens with one attached hydrogen (secondary N) is 1. The normalized spacial score (nSPS) is 14.8. The number of hydrogen-bond acceptors (Lipinski definition) is 4. The Labute approximate surface area is 175 Å². The molecule has 6 heteroatoms. The average Bonchev–Trinajstić information content (AvgIpc) is 2.68. The zero-order valence-electron chi connectivity index (χ0n) is 16.8. The first-order valence-electron chi connectivity index (χ1n) is 9.73. The summed E-state index contributed by atoms with van der Waals surface area (Å²) < 4.78 is 6.59. The van der Waals surface area contributed by atoms with E-state index in [0.717, 1.165) is 54.0 Å². The summed E-state index contributed by atoms with van der Waals surface area (Å²) in [5.74, 6) is 0.540. The maximum absolute atomic E-state index is 12.3. The van der Waals surface area contributed by atoms with Gasteiger partial charge in [-0.25, -0.2) is 0 Å². The van der Waals surface area contributed by atoms with Gasteiger partial charge in [0, 0.05) is 37.6 Å². The molecular formula is C22H28BrN3O2. The highest BCUT2D eigenvalue weighted by Gasteiger charge is 2.16. The summed E-state index contributed by atoms with van der Waals surface area (Å²) in [6, 6.07) is 12.1. The van der Waals surface area contributed by atoms with E-state index in [9.17, 15) is 4.79 Å². The highest BCUT2D eigenvalue weighted by molar-refractivity contribution is 9.10. The minimum atomic E-state index is -0.170. The van der Waals surface area contributed by atoms with E-state index in [1.807, 2.05) is 38.1 Å². The second kappa shape index (κ2) is 9.43. The van der Waals surface area contributed by atoms with Crippen LogP contribution in [0, 0.1) is 13.8 Å². The van der Waals surface area contributed by atoms with Gasteiger partial charge in [-0.15, -0.1) is 0 Å². The van der Waals surface area contributed by atoms with E-state index in [4.69, 9.17) is 4.74 Å². The second-order valence-corrected chi connectivity index (χ2v) is 8.05. The number of halogens is 1. The van der Waals surface area contributed by atoms with Gasteiger partial charge in [-0.3, -0.25) is 4.79 Å². The third-order valence-electron chi connectivity index (χ3n) is 5.06. The Balaban J connectivity index is 1.52. The molecule has 0 radical (unpaired) electrons. The molecule has 0 spiro atoms. The van der Waals surface area contributed by atoms with Crippen LogP contribution in [0.3, 0.4) is 0 Å². The standard InChI is InChI=1S/C22H28BrN3O2/c1-4-25-9-11-26(12-10-25)19-7-5-18(6-8-19)24-21(27)15-28-22-17(3)13-16(2)14-20(22)23/h5-8,13-14H,4,9-12,15H2,1-3H3,(H,24,27). The highest BCUT2D eigenvalue weighted by Crippen LogP contribution is 2.30. The van der Waals surface area contributed by atoms with Crippen LogP contribution >= 0.6 is 15.9 Å². The minimum absolute atomic E-state index is 0.0246. The van der Waals surface area contributed by atoms with Gasteiger partial charge in [0.2, 0.25) is 0 Å². The fraction of sp³-hybridized carbons (Fsp3) is 0.409. The molecule has 1 N–H and O–H groups in total. The fourth-order valence-corrected chi connectivity index (χ4v) is 4.29. The Bertz CT molecular complexity index is 792. The zero-order valence-corrected chi connectivity index (χ0v) is 18.4. The van der Waals surface area contributed by atoms with E-state index in [0.29, 0.717) is 5.75 Å². The number of benzene rings is 2. The molecule has 28 heavy (non-hydrogen) atoms. The van der Waals surface area contributed by atoms with Crippen molar-refractivity contribution >= 4 is 33.2 Å². The van der Waals surface area contributed by atoms with Crippen molar-refractivity contribution in [2.75, 3.05) is 49.5 Å². The molecule has 3 rings (SSSR count). The molecule has 1 fully saturated rings. The molecule has 0 unspecified atom stereocenters. The topological polar surface area (TPSA) is 44.8 Å². The summed E-state index contributed by atoms with van der Waals surface area (Å²) in [6.45, 7) is 11.6. The molecule has 5 nitrogen and oxygen atoms in total. The predicted octanol–water partition coefficient (Wildman–Crippen LogP) is 4.23. The Morgan fingerprint density at radius 3 is 2.39 bits per heavy atom. The molecule has 1 aliphatic rings. The van der Waals surface area contributed by atoms with Crippen molar-refractivity contribution in [3.05, 3.63) is 52.0 Å². The van der Waals surface area contributed by atoms with Crippen LogP contribution in [0.4, 0.5) is 11.4 Å². The Hall–Kier alpha value is -2.05. The van der Waals surface area contributed by atoms with Gasteiger partial charge in [-0.2, -0.15) is 0 Å². The maximum Gasteiger partial charge on any atom is 0.262 e. The molecule has 0 atom stereocenters. The second-order valence-electron chi connectivity index (χ2n) is 7.20. The maximum atomic E-state index is 12.3. The van der Waals surface area contributed by atoms with Gasteiger partial charge in [-0.05, 0) is 77.8 Å². The number of amides is 1. The third-order valence-corrected chi connectivity index (χ3v) is 5.65. The first-order valence-corrected chi connectivity index (χ1v) is 10.5. The zero-order chi connectivity index (χ0) is 20.1. The van der Waals surface area contributed by atoms with Crippen molar-refractivity contribution in [1.29, 1.82) is 0 Å². The van der Waals surface area contributed by atoms with Crippen molar-refractivity contribution in [3.63, 3.8) is 0 Å². The van der Waals surface area contributed by atoms with Crippen molar-refractivity contribution in [3.8, 4) is 5.75 Å². The Morgan fingerprint density at radius 1 is 1.11 bits per heavy atom. The van der Waals surface area contributed by atoms with Gasteiger partial charge >= 0.3 is 0 Å². The number of nitrogens with zero attached hydrogens (tertiary/aromatic N) is 2. The van der Waals surface area contributed by atoms with Crippen LogP contribution in [0.15, 0.2) is 40.9 Å². The lowest BCUT2D eigenvalue weighted by Gasteiger charge is -2.35. The lowest BCUT2D eigenvalue weighted by molar-refractivity contribution is -0.118. The van der Waals surface area contributed by atoms with Gasteiger partial charge in [0.25, 0.3) is 5.91 Å². The number of likely N-dealkylation sites (N-methyl/N-ethyl adjacent to an activating group) is 1. The molecule has 1 amide bonds. The van der Waals surface area contributed by atoms with Crippen LogP contribution in [0.1, 0.15) is 18.1 Å². The molecular weight excluding hydrogens is 418 g/mol. The molecule has 0 saturated carbocycles. The van der Waals surface area contributed by atoms with E-state index < -0.39 is 0 Å². The molecule has 0 aliphatic carbocycles. The molecule has 150 valence electrons. The molecule has 1 saturated heterocycles. The number of carbonyl (C=O) groups excluding carboxylic acids is 1. The molecule has 0 bridgehead atoms. The van der Waals surface area contributed by atoms with Gasteiger partial charge in [0.1, 0.15) is 5.75 Å². The molecule has 2 aromatic carbocycles. The van der Waals surface area contributed by atoms with Gasteiger partial charge in [-0.1, -0.05) is 13.0 Å². The van der Waals surface area contributed by atoms with E-state index in [2.05, 4.69) is 50.1 Å². The summed E-state index contributed by atoms with van der Waals surface area (Å²) >= 11 is 3.50. The van der Waals surface area contributed by atoms with Crippen molar-refractivity contribution in [1.82, 2.24) is 4.90 Å². The fourth-order valence-electron chi connectivity index (χ4n) is 3.50. The van der Waals surface area contributed by atoms with Crippen LogP contribution in [-0.4, -0.2) is 50.1 Å². The minimum Gasteiger partial charge on any atom is -0.482 e. The number of hydrogen-bond donors (Lipinski definition) is 1. The third kappa shape index (κ3) is 5.26. The number of piperazine rings is 1. The van der Waals surface area contributed by atoms with E-state index in [1.54, 1.807) is 0 Å². The highest BCUT2D eigenvalue weighted by atomic mass is 79.9. The predicted molar refractivity (Wildman–Crippen MR) is 119 cm³/mol. The number of aryl methyl sites for hydroxylation is 2. The molecule has 1 heterocycles. The number of carbonyl (C=O) groups is 1. The Kier molecular flexibility index (Phi) is 6.97. The quantitative estimate of drug-likeness (QED) is 0.722. The van der Waals surface area contributed by atoms with Crippen molar-refractivity contribution in [2.45, 2.75) is 20.8 Å². The lowest BCUT2D eigenvalue weighted by Crippen LogP contribution is -2.46. The summed E-state index contributed by atoms with van der Waals surface area (Å²) in [7, 11) is 0.